The first kappa shape index (κ1) is 20.6. The van der Waals surface area contributed by atoms with Crippen LogP contribution in [0.3, 0.4) is 0 Å². The Labute approximate surface area is 161 Å². The molecule has 0 spiro atoms. The number of ether oxygens (including phenoxy) is 2. The average Bonchev–Trinajstić information content (AvgIpc) is 2.98. The molecule has 7 nitrogen and oxygen atoms in total. The third-order valence-corrected chi connectivity index (χ3v) is 4.11. The average molecular weight is 374 g/mol. The predicted octanol–water partition coefficient (Wildman–Crippen LogP) is 3.71. The van der Waals surface area contributed by atoms with E-state index in [9.17, 15) is 0 Å². The Bertz CT molecular complexity index is 736. The Morgan fingerprint density at radius 2 is 2.04 bits per heavy atom. The third kappa shape index (κ3) is 5.91. The minimum atomic E-state index is 0.596. The highest BCUT2D eigenvalue weighted by molar-refractivity contribution is 5.93. The van der Waals surface area contributed by atoms with Crippen LogP contribution in [0, 0.1) is 13.8 Å². The van der Waals surface area contributed by atoms with Gasteiger partial charge in [0.25, 0.3) is 0 Å². The van der Waals surface area contributed by atoms with Crippen LogP contribution in [0.15, 0.2) is 27.7 Å². The Morgan fingerprint density at radius 1 is 1.22 bits per heavy atom. The number of benzene rings is 1. The van der Waals surface area contributed by atoms with E-state index < -0.39 is 0 Å². The number of aromatic nitrogens is 1. The van der Waals surface area contributed by atoms with Crippen LogP contribution in [0.25, 0.3) is 0 Å². The first-order chi connectivity index (χ1) is 13.1. The molecule has 0 bridgehead atoms. The van der Waals surface area contributed by atoms with Gasteiger partial charge in [0.1, 0.15) is 5.76 Å². The molecule has 0 aliphatic heterocycles. The molecular weight excluding hydrogens is 344 g/mol. The highest BCUT2D eigenvalue weighted by Crippen LogP contribution is 2.30. The molecule has 0 aliphatic rings. The number of nitrogens with one attached hydrogen (secondary N) is 2. The highest BCUT2D eigenvalue weighted by atomic mass is 16.5. The van der Waals surface area contributed by atoms with E-state index in [-0.39, 0.29) is 0 Å². The zero-order valence-corrected chi connectivity index (χ0v) is 16.9. The van der Waals surface area contributed by atoms with E-state index >= 15 is 0 Å². The van der Waals surface area contributed by atoms with E-state index in [0.717, 1.165) is 48.2 Å². The number of aliphatic imine (C=N–C) groups is 1. The van der Waals surface area contributed by atoms with Gasteiger partial charge < -0.3 is 24.6 Å². The number of hydrogen-bond donors (Lipinski definition) is 2. The lowest BCUT2D eigenvalue weighted by Gasteiger charge is -2.14. The minimum Gasteiger partial charge on any atom is -0.493 e. The maximum absolute atomic E-state index is 5.56. The lowest BCUT2D eigenvalue weighted by molar-refractivity contribution is 0.311. The van der Waals surface area contributed by atoms with Crippen molar-refractivity contribution >= 4 is 11.6 Å². The molecule has 2 aromatic rings. The van der Waals surface area contributed by atoms with Crippen molar-refractivity contribution in [1.82, 2.24) is 10.5 Å². The Balaban J connectivity index is 1.98. The van der Waals surface area contributed by atoms with Gasteiger partial charge in [-0.05, 0) is 52.7 Å². The number of anilines is 1. The Hall–Kier alpha value is -2.70. The second-order valence-corrected chi connectivity index (χ2v) is 6.09. The second kappa shape index (κ2) is 10.4. The van der Waals surface area contributed by atoms with Gasteiger partial charge in [-0.1, -0.05) is 5.16 Å². The van der Waals surface area contributed by atoms with Crippen molar-refractivity contribution < 1.29 is 14.0 Å². The smallest absolute Gasteiger partial charge is 0.195 e. The molecular formula is C20H30N4O3. The molecule has 0 saturated carbocycles. The van der Waals surface area contributed by atoms with Crippen molar-refractivity contribution in [2.45, 2.75) is 40.5 Å². The van der Waals surface area contributed by atoms with Gasteiger partial charge in [0.05, 0.1) is 19.4 Å². The van der Waals surface area contributed by atoms with Crippen LogP contribution in [0.4, 0.5) is 5.69 Å². The van der Waals surface area contributed by atoms with Gasteiger partial charge in [-0.3, -0.25) is 4.99 Å². The van der Waals surface area contributed by atoms with Crippen molar-refractivity contribution in [2.75, 3.05) is 32.1 Å². The van der Waals surface area contributed by atoms with Crippen LogP contribution in [0.1, 0.15) is 37.3 Å². The fourth-order valence-electron chi connectivity index (χ4n) is 2.77. The number of guanidine groups is 1. The second-order valence-electron chi connectivity index (χ2n) is 6.09. The first-order valence-electron chi connectivity index (χ1n) is 9.36. The van der Waals surface area contributed by atoms with Gasteiger partial charge in [-0.15, -0.1) is 0 Å². The zero-order valence-electron chi connectivity index (χ0n) is 16.9. The molecule has 1 aromatic carbocycles. The van der Waals surface area contributed by atoms with E-state index in [0.29, 0.717) is 18.9 Å². The van der Waals surface area contributed by atoms with E-state index in [2.05, 4.69) is 20.8 Å². The molecule has 2 N–H and O–H groups in total. The van der Waals surface area contributed by atoms with Crippen LogP contribution < -0.4 is 20.1 Å². The lowest BCUT2D eigenvalue weighted by Crippen LogP contribution is -2.30. The van der Waals surface area contributed by atoms with Crippen LogP contribution in [0.2, 0.25) is 0 Å². The van der Waals surface area contributed by atoms with Crippen LogP contribution in [0.5, 0.6) is 11.5 Å². The summed E-state index contributed by atoms with van der Waals surface area (Å²) in [5.41, 5.74) is 3.03. The standard InChI is InChI=1S/C20H30N4O3/c1-6-21-20(22-12-8-9-17-14(3)24-27-15(17)4)23-16-10-11-18(26-7-2)19(13-16)25-5/h10-11,13H,6-9,12H2,1-5H3,(H2,21,22,23). The summed E-state index contributed by atoms with van der Waals surface area (Å²) in [6.07, 6.45) is 1.83. The summed E-state index contributed by atoms with van der Waals surface area (Å²) in [4.78, 5) is 4.65. The topological polar surface area (TPSA) is 80.9 Å². The molecule has 0 saturated heterocycles. The molecule has 27 heavy (non-hydrogen) atoms. The normalized spacial score (nSPS) is 11.4. The van der Waals surface area contributed by atoms with Crippen molar-refractivity contribution in [2.24, 2.45) is 4.99 Å². The molecule has 0 amide bonds. The summed E-state index contributed by atoms with van der Waals surface area (Å²) in [5, 5.41) is 10.6. The number of hydrogen-bond acceptors (Lipinski definition) is 5. The van der Waals surface area contributed by atoms with Gasteiger partial charge >= 0.3 is 0 Å². The molecule has 1 aromatic heterocycles. The van der Waals surface area contributed by atoms with Gasteiger partial charge in [0, 0.05) is 30.4 Å². The summed E-state index contributed by atoms with van der Waals surface area (Å²) in [7, 11) is 1.63. The molecule has 0 atom stereocenters. The van der Waals surface area contributed by atoms with E-state index in [4.69, 9.17) is 14.0 Å². The summed E-state index contributed by atoms with van der Waals surface area (Å²) in [6, 6.07) is 5.75. The van der Waals surface area contributed by atoms with Gasteiger partial charge in [-0.2, -0.15) is 0 Å². The number of nitrogens with zero attached hydrogens (tertiary/aromatic N) is 2. The van der Waals surface area contributed by atoms with Crippen LogP contribution >= 0.6 is 0 Å². The van der Waals surface area contributed by atoms with Crippen molar-refractivity contribution in [1.29, 1.82) is 0 Å². The summed E-state index contributed by atoms with van der Waals surface area (Å²) in [6.45, 7) is 9.99. The van der Waals surface area contributed by atoms with Crippen molar-refractivity contribution in [3.63, 3.8) is 0 Å². The third-order valence-electron chi connectivity index (χ3n) is 4.11. The van der Waals surface area contributed by atoms with Crippen molar-refractivity contribution in [3.8, 4) is 11.5 Å². The fourth-order valence-corrected chi connectivity index (χ4v) is 2.77. The largest absolute Gasteiger partial charge is 0.493 e. The zero-order chi connectivity index (χ0) is 19.6. The first-order valence-corrected chi connectivity index (χ1v) is 9.36. The predicted molar refractivity (Wildman–Crippen MR) is 108 cm³/mol. The molecule has 148 valence electrons. The fraction of sp³-hybridized carbons (Fsp3) is 0.500. The molecule has 0 unspecified atom stereocenters. The molecule has 0 fully saturated rings. The van der Waals surface area contributed by atoms with Gasteiger partial charge in [0.15, 0.2) is 17.5 Å². The van der Waals surface area contributed by atoms with E-state index in [1.165, 1.54) is 5.56 Å². The monoisotopic (exact) mass is 374 g/mol. The van der Waals surface area contributed by atoms with Crippen molar-refractivity contribution in [3.05, 3.63) is 35.2 Å². The SMILES string of the molecule is CCNC(=NCCCc1c(C)noc1C)Nc1ccc(OCC)c(OC)c1. The van der Waals surface area contributed by atoms with Crippen LogP contribution in [-0.4, -0.2) is 37.9 Å². The molecule has 7 heteroatoms. The maximum atomic E-state index is 5.56. The highest BCUT2D eigenvalue weighted by Gasteiger charge is 2.09. The number of methoxy groups -OCH3 is 1. The minimum absolute atomic E-state index is 0.596. The maximum Gasteiger partial charge on any atom is 0.195 e. The molecule has 2 rings (SSSR count). The van der Waals surface area contributed by atoms with Gasteiger partial charge in [-0.25, -0.2) is 0 Å². The Morgan fingerprint density at radius 3 is 2.67 bits per heavy atom. The molecule has 0 aliphatic carbocycles. The van der Waals surface area contributed by atoms with E-state index in [1.54, 1.807) is 7.11 Å². The Kier molecular flexibility index (Phi) is 7.98. The lowest BCUT2D eigenvalue weighted by atomic mass is 10.1. The van der Waals surface area contributed by atoms with E-state index in [1.807, 2.05) is 45.9 Å². The summed E-state index contributed by atoms with van der Waals surface area (Å²) < 4.78 is 16.2. The molecule has 1 heterocycles. The van der Waals surface area contributed by atoms with Gasteiger partial charge in [0.2, 0.25) is 0 Å². The quantitative estimate of drug-likeness (QED) is 0.396. The number of aryl methyl sites for hydroxylation is 2. The van der Waals surface area contributed by atoms with Crippen LogP contribution in [-0.2, 0) is 6.42 Å². The number of rotatable bonds is 9. The molecule has 0 radical (unpaired) electrons. The summed E-state index contributed by atoms with van der Waals surface area (Å²) in [5.74, 6) is 3.05. The summed E-state index contributed by atoms with van der Waals surface area (Å²) >= 11 is 0.